The monoisotopic (exact) mass is 277 g/mol. The van der Waals surface area contributed by atoms with Crippen molar-refractivity contribution in [2.24, 2.45) is 7.05 Å². The number of likely N-dealkylation sites (N-methyl/N-ethyl adjacent to an activating group) is 1. The summed E-state index contributed by atoms with van der Waals surface area (Å²) < 4.78 is 1.74. The summed E-state index contributed by atoms with van der Waals surface area (Å²) in [6, 6.07) is 10.9. The van der Waals surface area contributed by atoms with Crippen molar-refractivity contribution < 1.29 is 0 Å². The molecule has 19 heavy (non-hydrogen) atoms. The molecule has 3 nitrogen and oxygen atoms in total. The molecule has 0 bridgehead atoms. The van der Waals surface area contributed by atoms with Gasteiger partial charge in [0.05, 0.1) is 5.69 Å². The second-order valence-electron chi connectivity index (χ2n) is 4.86. The summed E-state index contributed by atoms with van der Waals surface area (Å²) in [5, 5.41) is 8.47. The molecule has 0 saturated heterocycles. The van der Waals surface area contributed by atoms with Crippen molar-refractivity contribution in [1.29, 1.82) is 0 Å². The number of aryl methyl sites for hydroxylation is 2. The Labute approximate surface area is 119 Å². The minimum atomic E-state index is 0.364. The number of nitrogens with one attached hydrogen (secondary N) is 1. The van der Waals surface area contributed by atoms with Crippen LogP contribution >= 0.6 is 11.6 Å². The van der Waals surface area contributed by atoms with Crippen LogP contribution < -0.4 is 5.32 Å². The molecule has 0 aliphatic carbocycles. The van der Waals surface area contributed by atoms with E-state index in [1.54, 1.807) is 4.68 Å². The van der Waals surface area contributed by atoms with Crippen molar-refractivity contribution >= 4 is 11.6 Å². The van der Waals surface area contributed by atoms with Crippen LogP contribution in [-0.4, -0.2) is 22.9 Å². The molecule has 0 spiro atoms. The minimum Gasteiger partial charge on any atom is -0.316 e. The fourth-order valence-electron chi connectivity index (χ4n) is 2.33. The average molecular weight is 278 g/mol. The van der Waals surface area contributed by atoms with E-state index in [9.17, 15) is 0 Å². The Morgan fingerprint density at radius 1 is 1.26 bits per heavy atom. The molecule has 1 unspecified atom stereocenters. The lowest BCUT2D eigenvalue weighted by Crippen LogP contribution is -2.30. The van der Waals surface area contributed by atoms with Gasteiger partial charge in [0.2, 0.25) is 0 Å². The average Bonchev–Trinajstić information content (AvgIpc) is 2.65. The summed E-state index contributed by atoms with van der Waals surface area (Å²) in [5.41, 5.74) is 3.49. The van der Waals surface area contributed by atoms with Crippen LogP contribution in [0.4, 0.5) is 0 Å². The van der Waals surface area contributed by atoms with Crippen LogP contribution in [0.1, 0.15) is 16.8 Å². The number of nitrogens with zero attached hydrogens (tertiary/aromatic N) is 2. The van der Waals surface area contributed by atoms with Crippen LogP contribution in [0.2, 0.25) is 5.15 Å². The maximum absolute atomic E-state index is 6.29. The van der Waals surface area contributed by atoms with Crippen LogP contribution in [0.25, 0.3) is 0 Å². The summed E-state index contributed by atoms with van der Waals surface area (Å²) in [7, 11) is 3.87. The van der Waals surface area contributed by atoms with Gasteiger partial charge >= 0.3 is 0 Å². The van der Waals surface area contributed by atoms with Crippen LogP contribution in [0, 0.1) is 6.92 Å². The number of hydrogen-bond donors (Lipinski definition) is 1. The molecule has 1 atom stereocenters. The molecule has 0 radical (unpaired) electrons. The molecule has 4 heteroatoms. The SMILES string of the molecule is CNC(Cc1ccccc1)Cc1c(C)nn(C)c1Cl. The highest BCUT2D eigenvalue weighted by atomic mass is 35.5. The van der Waals surface area contributed by atoms with E-state index >= 15 is 0 Å². The van der Waals surface area contributed by atoms with E-state index in [1.165, 1.54) is 5.56 Å². The molecule has 0 amide bonds. The van der Waals surface area contributed by atoms with Crippen molar-refractivity contribution in [3.8, 4) is 0 Å². The molecule has 0 aliphatic heterocycles. The molecule has 0 fully saturated rings. The van der Waals surface area contributed by atoms with Crippen molar-refractivity contribution in [3.05, 3.63) is 52.3 Å². The van der Waals surface area contributed by atoms with Gasteiger partial charge in [0.1, 0.15) is 5.15 Å². The largest absolute Gasteiger partial charge is 0.316 e. The van der Waals surface area contributed by atoms with Gasteiger partial charge < -0.3 is 5.32 Å². The summed E-state index contributed by atoms with van der Waals surface area (Å²) in [6.45, 7) is 2.01. The predicted molar refractivity (Wildman–Crippen MR) is 79.7 cm³/mol. The smallest absolute Gasteiger partial charge is 0.130 e. The fraction of sp³-hybridized carbons (Fsp3) is 0.400. The fourth-order valence-corrected chi connectivity index (χ4v) is 2.58. The molecular weight excluding hydrogens is 258 g/mol. The number of benzene rings is 1. The first-order valence-corrected chi connectivity index (χ1v) is 6.88. The second kappa shape index (κ2) is 6.22. The van der Waals surface area contributed by atoms with Gasteiger partial charge in [-0.1, -0.05) is 41.9 Å². The number of aromatic nitrogens is 2. The standard InChI is InChI=1S/C15H20ClN3/c1-11-14(15(16)19(3)18-11)10-13(17-2)9-12-7-5-4-6-8-12/h4-8,13,17H,9-10H2,1-3H3. The van der Waals surface area contributed by atoms with Gasteiger partial charge in [-0.15, -0.1) is 0 Å². The zero-order chi connectivity index (χ0) is 13.8. The molecular formula is C15H20ClN3. The second-order valence-corrected chi connectivity index (χ2v) is 5.22. The Hall–Kier alpha value is -1.32. The van der Waals surface area contributed by atoms with Crippen molar-refractivity contribution in [3.63, 3.8) is 0 Å². The number of rotatable bonds is 5. The van der Waals surface area contributed by atoms with Gasteiger partial charge in [0.25, 0.3) is 0 Å². The van der Waals surface area contributed by atoms with Gasteiger partial charge in [0.15, 0.2) is 0 Å². The van der Waals surface area contributed by atoms with E-state index in [4.69, 9.17) is 11.6 Å². The first kappa shape index (κ1) is 14.1. The summed E-state index contributed by atoms with van der Waals surface area (Å²) in [6.07, 6.45) is 1.88. The highest BCUT2D eigenvalue weighted by molar-refractivity contribution is 6.30. The van der Waals surface area contributed by atoms with Crippen LogP contribution in [-0.2, 0) is 19.9 Å². The first-order chi connectivity index (χ1) is 9.11. The highest BCUT2D eigenvalue weighted by Gasteiger charge is 2.16. The van der Waals surface area contributed by atoms with Gasteiger partial charge in [-0.3, -0.25) is 4.68 Å². The van der Waals surface area contributed by atoms with Gasteiger partial charge in [0, 0.05) is 18.7 Å². The van der Waals surface area contributed by atoms with Gasteiger partial charge in [-0.2, -0.15) is 5.10 Å². The predicted octanol–water partition coefficient (Wildman–Crippen LogP) is 2.76. The molecule has 1 aromatic carbocycles. The third kappa shape index (κ3) is 3.37. The van der Waals surface area contributed by atoms with Crippen molar-refractivity contribution in [1.82, 2.24) is 15.1 Å². The lowest BCUT2D eigenvalue weighted by Gasteiger charge is -2.16. The highest BCUT2D eigenvalue weighted by Crippen LogP contribution is 2.21. The van der Waals surface area contributed by atoms with E-state index in [-0.39, 0.29) is 0 Å². The Morgan fingerprint density at radius 3 is 2.47 bits per heavy atom. The zero-order valence-electron chi connectivity index (χ0n) is 11.7. The van der Waals surface area contributed by atoms with Crippen LogP contribution in [0.15, 0.2) is 30.3 Å². The minimum absolute atomic E-state index is 0.364. The van der Waals surface area contributed by atoms with Gasteiger partial charge in [-0.05, 0) is 32.4 Å². The Balaban J connectivity index is 2.11. The molecule has 2 rings (SSSR count). The molecule has 1 N–H and O–H groups in total. The molecule has 102 valence electrons. The third-order valence-electron chi connectivity index (χ3n) is 3.45. The molecule has 2 aromatic rings. The van der Waals surface area contributed by atoms with E-state index in [0.717, 1.165) is 29.3 Å². The van der Waals surface area contributed by atoms with Crippen molar-refractivity contribution in [2.75, 3.05) is 7.05 Å². The van der Waals surface area contributed by atoms with Crippen molar-refractivity contribution in [2.45, 2.75) is 25.8 Å². The van der Waals surface area contributed by atoms with Crippen LogP contribution in [0.3, 0.4) is 0 Å². The Bertz CT molecular complexity index is 534. The zero-order valence-corrected chi connectivity index (χ0v) is 12.4. The number of hydrogen-bond acceptors (Lipinski definition) is 2. The topological polar surface area (TPSA) is 29.9 Å². The summed E-state index contributed by atoms with van der Waals surface area (Å²) in [5.74, 6) is 0. The lowest BCUT2D eigenvalue weighted by atomic mass is 9.99. The first-order valence-electron chi connectivity index (χ1n) is 6.51. The van der Waals surface area contributed by atoms with E-state index in [1.807, 2.05) is 27.1 Å². The molecule has 0 aliphatic rings. The van der Waals surface area contributed by atoms with E-state index in [2.05, 4.69) is 34.7 Å². The molecule has 1 aromatic heterocycles. The lowest BCUT2D eigenvalue weighted by molar-refractivity contribution is 0.555. The van der Waals surface area contributed by atoms with E-state index < -0.39 is 0 Å². The normalized spacial score (nSPS) is 12.6. The maximum atomic E-state index is 6.29. The maximum Gasteiger partial charge on any atom is 0.130 e. The Morgan fingerprint density at radius 2 is 1.95 bits per heavy atom. The third-order valence-corrected chi connectivity index (χ3v) is 3.93. The number of halogens is 1. The summed E-state index contributed by atoms with van der Waals surface area (Å²) >= 11 is 6.29. The quantitative estimate of drug-likeness (QED) is 0.911. The Kier molecular flexibility index (Phi) is 4.61. The molecule has 1 heterocycles. The molecule has 0 saturated carbocycles. The van der Waals surface area contributed by atoms with E-state index in [0.29, 0.717) is 6.04 Å². The summed E-state index contributed by atoms with van der Waals surface area (Å²) in [4.78, 5) is 0. The van der Waals surface area contributed by atoms with Crippen LogP contribution in [0.5, 0.6) is 0 Å². The van der Waals surface area contributed by atoms with Gasteiger partial charge in [-0.25, -0.2) is 0 Å².